The van der Waals surface area contributed by atoms with Crippen molar-refractivity contribution in [3.8, 4) is 11.5 Å². The summed E-state index contributed by atoms with van der Waals surface area (Å²) in [7, 11) is 1.62. The third kappa shape index (κ3) is 3.27. The molecule has 0 saturated heterocycles. The second-order valence-corrected chi connectivity index (χ2v) is 4.37. The SMILES string of the molecule is CCCn1ncnc1COc1cc(OC)ccc1CN. The van der Waals surface area contributed by atoms with Gasteiger partial charge in [-0.25, -0.2) is 9.67 Å². The highest BCUT2D eigenvalue weighted by Gasteiger charge is 2.08. The van der Waals surface area contributed by atoms with Crippen LogP contribution in [0.25, 0.3) is 0 Å². The van der Waals surface area contributed by atoms with E-state index in [9.17, 15) is 0 Å². The molecule has 0 amide bonds. The molecule has 0 aliphatic heterocycles. The summed E-state index contributed by atoms with van der Waals surface area (Å²) < 4.78 is 12.9. The van der Waals surface area contributed by atoms with Gasteiger partial charge >= 0.3 is 0 Å². The number of benzene rings is 1. The molecule has 2 N–H and O–H groups in total. The summed E-state index contributed by atoms with van der Waals surface area (Å²) in [4.78, 5) is 4.21. The first kappa shape index (κ1) is 14.3. The van der Waals surface area contributed by atoms with Gasteiger partial charge < -0.3 is 15.2 Å². The molecule has 2 rings (SSSR count). The molecule has 0 spiro atoms. The Bertz CT molecular complexity index is 554. The van der Waals surface area contributed by atoms with Crippen molar-refractivity contribution in [1.29, 1.82) is 0 Å². The lowest BCUT2D eigenvalue weighted by atomic mass is 10.2. The molecule has 1 aromatic carbocycles. The Labute approximate surface area is 118 Å². The average Bonchev–Trinajstić information content (AvgIpc) is 2.92. The minimum Gasteiger partial charge on any atom is -0.497 e. The summed E-state index contributed by atoms with van der Waals surface area (Å²) in [5.41, 5.74) is 6.65. The summed E-state index contributed by atoms with van der Waals surface area (Å²) >= 11 is 0. The number of aryl methyl sites for hydroxylation is 1. The van der Waals surface area contributed by atoms with Crippen LogP contribution in [-0.2, 0) is 19.7 Å². The first-order chi connectivity index (χ1) is 9.78. The third-order valence-corrected chi connectivity index (χ3v) is 2.98. The summed E-state index contributed by atoms with van der Waals surface area (Å²) in [5, 5.41) is 4.17. The van der Waals surface area contributed by atoms with Crippen LogP contribution >= 0.6 is 0 Å². The Morgan fingerprint density at radius 3 is 2.90 bits per heavy atom. The Hall–Kier alpha value is -2.08. The number of hydrogen-bond acceptors (Lipinski definition) is 5. The predicted molar refractivity (Wildman–Crippen MR) is 75.5 cm³/mol. The van der Waals surface area contributed by atoms with Crippen molar-refractivity contribution in [1.82, 2.24) is 14.8 Å². The zero-order chi connectivity index (χ0) is 14.4. The van der Waals surface area contributed by atoms with E-state index in [0.717, 1.165) is 35.9 Å². The molecule has 108 valence electrons. The van der Waals surface area contributed by atoms with Gasteiger partial charge in [0.25, 0.3) is 0 Å². The van der Waals surface area contributed by atoms with E-state index in [1.54, 1.807) is 13.4 Å². The molecule has 1 aromatic heterocycles. The van der Waals surface area contributed by atoms with Crippen molar-refractivity contribution < 1.29 is 9.47 Å². The first-order valence-corrected chi connectivity index (χ1v) is 6.65. The second-order valence-electron chi connectivity index (χ2n) is 4.37. The molecule has 6 heteroatoms. The minimum absolute atomic E-state index is 0.361. The maximum absolute atomic E-state index is 5.82. The zero-order valence-electron chi connectivity index (χ0n) is 11.9. The predicted octanol–water partition coefficient (Wildman–Crippen LogP) is 1.73. The molecule has 1 heterocycles. The number of methoxy groups -OCH3 is 1. The maximum Gasteiger partial charge on any atom is 0.164 e. The van der Waals surface area contributed by atoms with Crippen molar-refractivity contribution in [2.45, 2.75) is 33.0 Å². The van der Waals surface area contributed by atoms with Crippen LogP contribution in [0.2, 0.25) is 0 Å². The molecular formula is C14H20N4O2. The summed E-state index contributed by atoms with van der Waals surface area (Å²) in [6, 6.07) is 5.61. The van der Waals surface area contributed by atoms with Crippen molar-refractivity contribution >= 4 is 0 Å². The molecule has 20 heavy (non-hydrogen) atoms. The van der Waals surface area contributed by atoms with Gasteiger partial charge in [-0.2, -0.15) is 5.10 Å². The Kier molecular flexibility index (Phi) is 4.95. The van der Waals surface area contributed by atoms with Crippen LogP contribution in [0.5, 0.6) is 11.5 Å². The minimum atomic E-state index is 0.361. The summed E-state index contributed by atoms with van der Waals surface area (Å²) in [6.45, 7) is 3.71. The van der Waals surface area contributed by atoms with Gasteiger partial charge in [0, 0.05) is 24.7 Å². The van der Waals surface area contributed by atoms with E-state index < -0.39 is 0 Å². The normalized spacial score (nSPS) is 10.6. The van der Waals surface area contributed by atoms with Crippen LogP contribution in [0.15, 0.2) is 24.5 Å². The number of nitrogens with two attached hydrogens (primary N) is 1. The Balaban J connectivity index is 2.11. The molecule has 0 atom stereocenters. The second kappa shape index (κ2) is 6.91. The van der Waals surface area contributed by atoms with Gasteiger partial charge in [-0.3, -0.25) is 0 Å². The molecule has 0 fully saturated rings. The fourth-order valence-corrected chi connectivity index (χ4v) is 1.91. The fraction of sp³-hybridized carbons (Fsp3) is 0.429. The van der Waals surface area contributed by atoms with Crippen LogP contribution in [0.3, 0.4) is 0 Å². The highest BCUT2D eigenvalue weighted by molar-refractivity contribution is 5.40. The average molecular weight is 276 g/mol. The number of rotatable bonds is 7. The standard InChI is InChI=1S/C14H20N4O2/c1-3-6-18-14(16-10-17-18)9-20-13-7-12(19-2)5-4-11(13)8-15/h4-5,7,10H,3,6,8-9,15H2,1-2H3. The molecular weight excluding hydrogens is 256 g/mol. The van der Waals surface area contributed by atoms with Crippen molar-refractivity contribution in [2.75, 3.05) is 7.11 Å². The van der Waals surface area contributed by atoms with E-state index in [0.29, 0.717) is 13.2 Å². The quantitative estimate of drug-likeness (QED) is 0.833. The molecule has 6 nitrogen and oxygen atoms in total. The summed E-state index contributed by atoms with van der Waals surface area (Å²) in [6.07, 6.45) is 2.55. The Morgan fingerprint density at radius 2 is 2.20 bits per heavy atom. The van der Waals surface area contributed by atoms with Crippen molar-refractivity contribution in [3.05, 3.63) is 35.9 Å². The van der Waals surface area contributed by atoms with E-state index in [1.807, 2.05) is 22.9 Å². The monoisotopic (exact) mass is 276 g/mol. The van der Waals surface area contributed by atoms with E-state index in [4.69, 9.17) is 15.2 Å². The smallest absolute Gasteiger partial charge is 0.164 e. The van der Waals surface area contributed by atoms with Crippen molar-refractivity contribution in [3.63, 3.8) is 0 Å². The van der Waals surface area contributed by atoms with Crippen LogP contribution in [-0.4, -0.2) is 21.9 Å². The lowest BCUT2D eigenvalue weighted by Crippen LogP contribution is -2.10. The van der Waals surface area contributed by atoms with Gasteiger partial charge in [0.05, 0.1) is 7.11 Å². The highest BCUT2D eigenvalue weighted by Crippen LogP contribution is 2.25. The molecule has 0 saturated carbocycles. The maximum atomic E-state index is 5.82. The number of aromatic nitrogens is 3. The number of ether oxygens (including phenoxy) is 2. The molecule has 2 aromatic rings. The van der Waals surface area contributed by atoms with Crippen LogP contribution in [0.1, 0.15) is 24.7 Å². The highest BCUT2D eigenvalue weighted by atomic mass is 16.5. The largest absolute Gasteiger partial charge is 0.497 e. The van der Waals surface area contributed by atoms with Crippen LogP contribution in [0.4, 0.5) is 0 Å². The number of hydrogen-bond donors (Lipinski definition) is 1. The van der Waals surface area contributed by atoms with Crippen molar-refractivity contribution in [2.24, 2.45) is 5.73 Å². The zero-order valence-corrected chi connectivity index (χ0v) is 11.9. The van der Waals surface area contributed by atoms with E-state index in [1.165, 1.54) is 0 Å². The van der Waals surface area contributed by atoms with Crippen LogP contribution in [0, 0.1) is 0 Å². The van der Waals surface area contributed by atoms with E-state index in [2.05, 4.69) is 17.0 Å². The first-order valence-electron chi connectivity index (χ1n) is 6.65. The molecule has 0 aliphatic carbocycles. The number of nitrogens with zero attached hydrogens (tertiary/aromatic N) is 3. The van der Waals surface area contributed by atoms with Gasteiger partial charge in [0.2, 0.25) is 0 Å². The lowest BCUT2D eigenvalue weighted by molar-refractivity contribution is 0.281. The molecule has 0 radical (unpaired) electrons. The fourth-order valence-electron chi connectivity index (χ4n) is 1.91. The van der Waals surface area contributed by atoms with Gasteiger partial charge in [-0.1, -0.05) is 13.0 Å². The lowest BCUT2D eigenvalue weighted by Gasteiger charge is -2.12. The summed E-state index contributed by atoms with van der Waals surface area (Å²) in [5.74, 6) is 2.27. The van der Waals surface area contributed by atoms with Crippen LogP contribution < -0.4 is 15.2 Å². The molecule has 0 aliphatic rings. The van der Waals surface area contributed by atoms with Gasteiger partial charge in [-0.15, -0.1) is 0 Å². The van der Waals surface area contributed by atoms with E-state index >= 15 is 0 Å². The van der Waals surface area contributed by atoms with Gasteiger partial charge in [0.1, 0.15) is 24.4 Å². The molecule has 0 unspecified atom stereocenters. The van der Waals surface area contributed by atoms with Gasteiger partial charge in [0.15, 0.2) is 5.82 Å². The Morgan fingerprint density at radius 1 is 1.35 bits per heavy atom. The topological polar surface area (TPSA) is 75.2 Å². The van der Waals surface area contributed by atoms with E-state index in [-0.39, 0.29) is 0 Å². The third-order valence-electron chi connectivity index (χ3n) is 2.98. The van der Waals surface area contributed by atoms with Gasteiger partial charge in [-0.05, 0) is 12.5 Å². The molecule has 0 bridgehead atoms.